The van der Waals surface area contributed by atoms with E-state index in [1.807, 2.05) is 42.8 Å². The van der Waals surface area contributed by atoms with E-state index in [1.165, 1.54) is 19.3 Å². The molecule has 6 nitrogen and oxygen atoms in total. The maximum atomic E-state index is 12.9. The van der Waals surface area contributed by atoms with Crippen molar-refractivity contribution in [3.8, 4) is 0 Å². The van der Waals surface area contributed by atoms with E-state index in [2.05, 4.69) is 15.0 Å². The number of nitrogens with one attached hydrogen (secondary N) is 1. The fraction of sp³-hybridized carbons (Fsp3) is 0.429. The maximum Gasteiger partial charge on any atom is 0.258 e. The number of hydrogen-bond acceptors (Lipinski definition) is 3. The fourth-order valence-electron chi connectivity index (χ4n) is 4.05. The summed E-state index contributed by atoms with van der Waals surface area (Å²) in [4.78, 5) is 12.9. The molecule has 0 saturated heterocycles. The molecule has 0 bridgehead atoms. The van der Waals surface area contributed by atoms with Gasteiger partial charge in [0.05, 0.1) is 30.6 Å². The summed E-state index contributed by atoms with van der Waals surface area (Å²) >= 11 is 0. The summed E-state index contributed by atoms with van der Waals surface area (Å²) in [6.07, 6.45) is 9.44. The Morgan fingerprint density at radius 2 is 2.07 bits per heavy atom. The van der Waals surface area contributed by atoms with Crippen molar-refractivity contribution in [1.29, 1.82) is 0 Å². The minimum atomic E-state index is -0.0913. The molecule has 1 fully saturated rings. The van der Waals surface area contributed by atoms with E-state index < -0.39 is 0 Å². The van der Waals surface area contributed by atoms with Crippen LogP contribution in [0.3, 0.4) is 0 Å². The van der Waals surface area contributed by atoms with Crippen LogP contribution in [-0.2, 0) is 6.54 Å². The first-order valence-electron chi connectivity index (χ1n) is 9.67. The van der Waals surface area contributed by atoms with Gasteiger partial charge in [-0.05, 0) is 44.9 Å². The molecule has 0 atom stereocenters. The molecule has 1 amide bonds. The lowest BCUT2D eigenvalue weighted by Gasteiger charge is -2.23. The van der Waals surface area contributed by atoms with Crippen molar-refractivity contribution in [3.63, 3.8) is 0 Å². The van der Waals surface area contributed by atoms with E-state index in [0.717, 1.165) is 35.8 Å². The molecule has 0 aromatic carbocycles. The molecule has 6 heteroatoms. The number of aryl methyl sites for hydroxylation is 1. The fourth-order valence-corrected chi connectivity index (χ4v) is 4.05. The second-order valence-corrected chi connectivity index (χ2v) is 7.36. The van der Waals surface area contributed by atoms with Gasteiger partial charge in [-0.3, -0.25) is 4.79 Å². The van der Waals surface area contributed by atoms with E-state index >= 15 is 0 Å². The number of rotatable bonds is 5. The summed E-state index contributed by atoms with van der Waals surface area (Å²) in [5, 5.41) is 7.54. The number of furan rings is 1. The molecular weight excluding hydrogens is 340 g/mol. The van der Waals surface area contributed by atoms with Gasteiger partial charge in [0.2, 0.25) is 0 Å². The van der Waals surface area contributed by atoms with Gasteiger partial charge >= 0.3 is 0 Å². The highest BCUT2D eigenvalue weighted by Crippen LogP contribution is 2.30. The van der Waals surface area contributed by atoms with Crippen LogP contribution >= 0.6 is 0 Å². The van der Waals surface area contributed by atoms with Crippen molar-refractivity contribution >= 4 is 11.7 Å². The summed E-state index contributed by atoms with van der Waals surface area (Å²) in [6.45, 7) is 4.61. The van der Waals surface area contributed by atoms with Gasteiger partial charge in [-0.1, -0.05) is 19.3 Å². The van der Waals surface area contributed by atoms with Gasteiger partial charge in [-0.2, -0.15) is 5.10 Å². The van der Waals surface area contributed by atoms with Crippen LogP contribution in [0.4, 0.5) is 5.82 Å². The van der Waals surface area contributed by atoms with Crippen molar-refractivity contribution in [1.82, 2.24) is 14.3 Å². The Labute approximate surface area is 159 Å². The second-order valence-electron chi connectivity index (χ2n) is 7.36. The van der Waals surface area contributed by atoms with Crippen molar-refractivity contribution in [2.45, 2.75) is 58.5 Å². The number of anilines is 1. The van der Waals surface area contributed by atoms with Gasteiger partial charge in [-0.25, -0.2) is 4.68 Å². The Balaban J connectivity index is 1.53. The molecule has 0 radical (unpaired) electrons. The summed E-state index contributed by atoms with van der Waals surface area (Å²) in [5.74, 6) is 1.56. The standard InChI is InChI=1S/C21H26N4O2/c1-15-13-19(16(2)24(15)14-18-9-6-12-27-18)21(26)23-20-10-11-22-25(20)17-7-4-3-5-8-17/h6,9-13,17H,3-5,7-8,14H2,1-2H3,(H,23,26). The molecule has 142 valence electrons. The van der Waals surface area contributed by atoms with Crippen molar-refractivity contribution < 1.29 is 9.21 Å². The molecular formula is C21H26N4O2. The zero-order valence-corrected chi connectivity index (χ0v) is 15.9. The Morgan fingerprint density at radius 1 is 1.26 bits per heavy atom. The quantitative estimate of drug-likeness (QED) is 0.712. The number of carbonyl (C=O) groups is 1. The van der Waals surface area contributed by atoms with Crippen LogP contribution in [-0.4, -0.2) is 20.3 Å². The normalized spacial score (nSPS) is 15.2. The van der Waals surface area contributed by atoms with Gasteiger partial charge < -0.3 is 14.3 Å². The van der Waals surface area contributed by atoms with Crippen LogP contribution < -0.4 is 5.32 Å². The summed E-state index contributed by atoms with van der Waals surface area (Å²) in [5.41, 5.74) is 2.66. The zero-order chi connectivity index (χ0) is 18.8. The molecule has 4 rings (SSSR count). The van der Waals surface area contributed by atoms with Crippen molar-refractivity contribution in [3.05, 3.63) is 59.4 Å². The van der Waals surface area contributed by atoms with E-state index in [4.69, 9.17) is 4.42 Å². The molecule has 0 unspecified atom stereocenters. The Hall–Kier alpha value is -2.76. The van der Waals surface area contributed by atoms with Crippen LogP contribution in [0.2, 0.25) is 0 Å². The number of amides is 1. The van der Waals surface area contributed by atoms with Gasteiger partial charge in [0, 0.05) is 17.5 Å². The summed E-state index contributed by atoms with van der Waals surface area (Å²) < 4.78 is 9.54. The molecule has 1 aliphatic rings. The average molecular weight is 366 g/mol. The lowest BCUT2D eigenvalue weighted by Crippen LogP contribution is -2.20. The zero-order valence-electron chi connectivity index (χ0n) is 15.9. The van der Waals surface area contributed by atoms with Crippen molar-refractivity contribution in [2.24, 2.45) is 0 Å². The van der Waals surface area contributed by atoms with Gasteiger partial charge in [0.15, 0.2) is 0 Å². The molecule has 1 aliphatic carbocycles. The molecule has 3 heterocycles. The topological polar surface area (TPSA) is 65.0 Å². The van der Waals surface area contributed by atoms with Crippen LogP contribution in [0, 0.1) is 13.8 Å². The van der Waals surface area contributed by atoms with Crippen LogP contribution in [0.15, 0.2) is 41.1 Å². The van der Waals surface area contributed by atoms with E-state index in [9.17, 15) is 4.79 Å². The van der Waals surface area contributed by atoms with E-state index in [0.29, 0.717) is 18.2 Å². The smallest absolute Gasteiger partial charge is 0.258 e. The second kappa shape index (κ2) is 7.47. The third-order valence-corrected chi connectivity index (χ3v) is 5.54. The predicted molar refractivity (Wildman–Crippen MR) is 104 cm³/mol. The molecule has 3 aromatic rings. The van der Waals surface area contributed by atoms with E-state index in [-0.39, 0.29) is 5.91 Å². The molecule has 1 saturated carbocycles. The lowest BCUT2D eigenvalue weighted by molar-refractivity contribution is 0.102. The third kappa shape index (κ3) is 3.56. The van der Waals surface area contributed by atoms with Crippen molar-refractivity contribution in [2.75, 3.05) is 5.32 Å². The highest BCUT2D eigenvalue weighted by atomic mass is 16.3. The first-order chi connectivity index (χ1) is 13.1. The third-order valence-electron chi connectivity index (χ3n) is 5.54. The minimum absolute atomic E-state index is 0.0913. The molecule has 0 spiro atoms. The maximum absolute atomic E-state index is 12.9. The van der Waals surface area contributed by atoms with Crippen LogP contribution in [0.1, 0.15) is 65.7 Å². The SMILES string of the molecule is Cc1cc(C(=O)Nc2ccnn2C2CCCCC2)c(C)n1Cc1ccco1. The van der Waals surface area contributed by atoms with Crippen LogP contribution in [0.5, 0.6) is 0 Å². The van der Waals surface area contributed by atoms with Gasteiger partial charge in [0.1, 0.15) is 11.6 Å². The molecule has 3 aromatic heterocycles. The number of hydrogen-bond donors (Lipinski definition) is 1. The number of nitrogens with zero attached hydrogens (tertiary/aromatic N) is 3. The molecule has 0 aliphatic heterocycles. The monoisotopic (exact) mass is 366 g/mol. The minimum Gasteiger partial charge on any atom is -0.467 e. The number of carbonyl (C=O) groups excluding carboxylic acids is 1. The number of aromatic nitrogens is 3. The Bertz CT molecular complexity index is 914. The largest absolute Gasteiger partial charge is 0.467 e. The molecule has 1 N–H and O–H groups in total. The Morgan fingerprint density at radius 3 is 2.81 bits per heavy atom. The van der Waals surface area contributed by atoms with Gasteiger partial charge in [-0.15, -0.1) is 0 Å². The summed E-state index contributed by atoms with van der Waals surface area (Å²) in [6, 6.07) is 8.03. The van der Waals surface area contributed by atoms with Gasteiger partial charge in [0.25, 0.3) is 5.91 Å². The molecule has 27 heavy (non-hydrogen) atoms. The Kier molecular flexibility index (Phi) is 4.88. The lowest BCUT2D eigenvalue weighted by atomic mass is 9.96. The van der Waals surface area contributed by atoms with Crippen LogP contribution in [0.25, 0.3) is 0 Å². The predicted octanol–water partition coefficient (Wildman–Crippen LogP) is 4.70. The summed E-state index contributed by atoms with van der Waals surface area (Å²) in [7, 11) is 0. The highest BCUT2D eigenvalue weighted by molar-refractivity contribution is 6.04. The first kappa shape index (κ1) is 17.6. The van der Waals surface area contributed by atoms with E-state index in [1.54, 1.807) is 12.5 Å². The highest BCUT2D eigenvalue weighted by Gasteiger charge is 2.21. The first-order valence-corrected chi connectivity index (χ1v) is 9.67. The average Bonchev–Trinajstić information content (AvgIpc) is 3.40.